The number of amides is 4. The number of urea groups is 1. The lowest BCUT2D eigenvalue weighted by atomic mass is 9.90. The monoisotopic (exact) mass is 377 g/mol. The molecule has 1 saturated carbocycles. The van der Waals surface area contributed by atoms with Crippen LogP contribution < -0.4 is 16.0 Å². The molecule has 3 rings (SSSR count). The van der Waals surface area contributed by atoms with Crippen LogP contribution in [0.3, 0.4) is 0 Å². The van der Waals surface area contributed by atoms with E-state index in [0.29, 0.717) is 17.4 Å². The fourth-order valence-electron chi connectivity index (χ4n) is 3.82. The average Bonchev–Trinajstić information content (AvgIpc) is 3.12. The number of imide groups is 1. The van der Waals surface area contributed by atoms with Gasteiger partial charge in [-0.25, -0.2) is 4.79 Å². The van der Waals surface area contributed by atoms with E-state index < -0.39 is 11.9 Å². The van der Waals surface area contributed by atoms with Crippen LogP contribution in [0.4, 0.5) is 4.79 Å². The Labute approximate surface area is 158 Å². The van der Waals surface area contributed by atoms with E-state index in [9.17, 15) is 14.4 Å². The molecule has 26 heavy (non-hydrogen) atoms. The molecule has 2 fully saturated rings. The van der Waals surface area contributed by atoms with Gasteiger partial charge in [-0.1, -0.05) is 36.6 Å². The highest BCUT2D eigenvalue weighted by Crippen LogP contribution is 2.36. The van der Waals surface area contributed by atoms with Crippen LogP contribution in [0, 0.1) is 11.8 Å². The van der Waals surface area contributed by atoms with Crippen LogP contribution in [-0.2, 0) is 9.59 Å². The van der Waals surface area contributed by atoms with Gasteiger partial charge < -0.3 is 10.6 Å². The van der Waals surface area contributed by atoms with Crippen molar-refractivity contribution in [1.29, 1.82) is 0 Å². The average molecular weight is 378 g/mol. The minimum absolute atomic E-state index is 0.0985. The predicted molar refractivity (Wildman–Crippen MR) is 98.6 cm³/mol. The molecule has 0 bridgehead atoms. The van der Waals surface area contributed by atoms with Crippen molar-refractivity contribution in [2.45, 2.75) is 44.6 Å². The molecule has 140 valence electrons. The van der Waals surface area contributed by atoms with Gasteiger partial charge in [0.15, 0.2) is 0 Å². The zero-order valence-corrected chi connectivity index (χ0v) is 15.3. The summed E-state index contributed by atoms with van der Waals surface area (Å²) in [5.74, 6) is -0.531. The van der Waals surface area contributed by atoms with Crippen LogP contribution in [0.5, 0.6) is 0 Å². The van der Waals surface area contributed by atoms with Gasteiger partial charge >= 0.3 is 6.03 Å². The van der Waals surface area contributed by atoms with Crippen molar-refractivity contribution >= 4 is 29.4 Å². The second-order valence-corrected chi connectivity index (χ2v) is 7.52. The van der Waals surface area contributed by atoms with Gasteiger partial charge in [0.25, 0.3) is 0 Å². The largest absolute Gasteiger partial charge is 0.349 e. The van der Waals surface area contributed by atoms with Gasteiger partial charge in [-0.15, -0.1) is 0 Å². The standard InChI is InChI=1S/C19H24ClN3O3/c20-15-7-3-6-13(10-15)17(12-4-1-2-5-12)23-18(25)14-8-9-16(24)22-19(26)21-11-14/h3,6-7,10,12,14,17H,1-2,4-5,8-9,11H2,(H,23,25)(H2,21,22,24,26). The van der Waals surface area contributed by atoms with E-state index in [2.05, 4.69) is 16.0 Å². The highest BCUT2D eigenvalue weighted by molar-refractivity contribution is 6.30. The third-order valence-electron chi connectivity index (χ3n) is 5.23. The molecule has 1 saturated heterocycles. The van der Waals surface area contributed by atoms with Crippen molar-refractivity contribution in [3.05, 3.63) is 34.9 Å². The van der Waals surface area contributed by atoms with Crippen LogP contribution in [-0.4, -0.2) is 24.4 Å². The number of hydrogen-bond acceptors (Lipinski definition) is 3. The van der Waals surface area contributed by atoms with E-state index >= 15 is 0 Å². The zero-order valence-electron chi connectivity index (χ0n) is 14.6. The summed E-state index contributed by atoms with van der Waals surface area (Å²) in [6, 6.07) is 6.96. The number of rotatable bonds is 4. The summed E-state index contributed by atoms with van der Waals surface area (Å²) in [7, 11) is 0. The molecule has 4 amide bonds. The maximum atomic E-state index is 12.9. The van der Waals surface area contributed by atoms with Gasteiger partial charge in [0.1, 0.15) is 0 Å². The predicted octanol–water partition coefficient (Wildman–Crippen LogP) is 2.92. The van der Waals surface area contributed by atoms with Gasteiger partial charge in [-0.3, -0.25) is 14.9 Å². The molecule has 1 aliphatic carbocycles. The molecule has 7 heteroatoms. The Morgan fingerprint density at radius 1 is 1.19 bits per heavy atom. The Kier molecular flexibility index (Phi) is 6.14. The first-order valence-electron chi connectivity index (χ1n) is 9.16. The summed E-state index contributed by atoms with van der Waals surface area (Å²) >= 11 is 6.15. The van der Waals surface area contributed by atoms with Crippen molar-refractivity contribution in [2.24, 2.45) is 11.8 Å². The van der Waals surface area contributed by atoms with Crippen LogP contribution >= 0.6 is 11.6 Å². The molecule has 2 aliphatic rings. The van der Waals surface area contributed by atoms with E-state index in [1.54, 1.807) is 0 Å². The lowest BCUT2D eigenvalue weighted by Gasteiger charge is -2.28. The van der Waals surface area contributed by atoms with Crippen molar-refractivity contribution in [3.8, 4) is 0 Å². The summed E-state index contributed by atoms with van der Waals surface area (Å²) in [5.41, 5.74) is 1.00. The smallest absolute Gasteiger partial charge is 0.321 e. The topological polar surface area (TPSA) is 87.3 Å². The summed E-state index contributed by atoms with van der Waals surface area (Å²) in [6.45, 7) is 0.220. The van der Waals surface area contributed by atoms with E-state index in [-0.39, 0.29) is 30.8 Å². The molecule has 2 unspecified atom stereocenters. The van der Waals surface area contributed by atoms with Crippen molar-refractivity contribution in [2.75, 3.05) is 6.54 Å². The van der Waals surface area contributed by atoms with Gasteiger partial charge in [0.2, 0.25) is 11.8 Å². The van der Waals surface area contributed by atoms with E-state index in [0.717, 1.165) is 31.2 Å². The summed E-state index contributed by atoms with van der Waals surface area (Å²) in [6.07, 6.45) is 5.04. The number of halogens is 1. The minimum atomic E-state index is -0.547. The fourth-order valence-corrected chi connectivity index (χ4v) is 4.01. The number of carbonyl (C=O) groups excluding carboxylic acids is 3. The van der Waals surface area contributed by atoms with Crippen LogP contribution in [0.2, 0.25) is 5.02 Å². The van der Waals surface area contributed by atoms with Crippen LogP contribution in [0.25, 0.3) is 0 Å². The van der Waals surface area contributed by atoms with E-state index in [1.807, 2.05) is 24.3 Å². The molecule has 1 aliphatic heterocycles. The molecule has 1 heterocycles. The Morgan fingerprint density at radius 3 is 2.69 bits per heavy atom. The van der Waals surface area contributed by atoms with Gasteiger partial charge in [-0.2, -0.15) is 0 Å². The lowest BCUT2D eigenvalue weighted by molar-refractivity contribution is -0.127. The first-order chi connectivity index (χ1) is 12.5. The number of hydrogen-bond donors (Lipinski definition) is 3. The molecule has 0 spiro atoms. The number of nitrogens with one attached hydrogen (secondary N) is 3. The second-order valence-electron chi connectivity index (χ2n) is 7.08. The molecule has 6 nitrogen and oxygen atoms in total. The van der Waals surface area contributed by atoms with Crippen LogP contribution in [0.15, 0.2) is 24.3 Å². The first-order valence-corrected chi connectivity index (χ1v) is 9.54. The maximum Gasteiger partial charge on any atom is 0.321 e. The lowest BCUT2D eigenvalue weighted by Crippen LogP contribution is -2.48. The van der Waals surface area contributed by atoms with Gasteiger partial charge in [0.05, 0.1) is 12.0 Å². The third kappa shape index (κ3) is 4.75. The van der Waals surface area contributed by atoms with Crippen molar-refractivity contribution < 1.29 is 14.4 Å². The molecular formula is C19H24ClN3O3. The van der Waals surface area contributed by atoms with Crippen molar-refractivity contribution in [1.82, 2.24) is 16.0 Å². The second kappa shape index (κ2) is 8.54. The Bertz CT molecular complexity index is 670. The SMILES string of the molecule is O=C1CCC(C(=O)NC(c2cccc(Cl)c2)C2CCCC2)CNC(=O)N1. The normalized spacial score (nSPS) is 22.7. The summed E-state index contributed by atoms with van der Waals surface area (Å²) in [5, 5.41) is 8.63. The molecular weight excluding hydrogens is 354 g/mol. The third-order valence-corrected chi connectivity index (χ3v) is 5.46. The summed E-state index contributed by atoms with van der Waals surface area (Å²) in [4.78, 5) is 36.0. The Morgan fingerprint density at radius 2 is 1.96 bits per heavy atom. The number of carbonyl (C=O) groups is 3. The quantitative estimate of drug-likeness (QED) is 0.753. The highest BCUT2D eigenvalue weighted by Gasteiger charge is 2.31. The minimum Gasteiger partial charge on any atom is -0.349 e. The van der Waals surface area contributed by atoms with Crippen LogP contribution in [0.1, 0.15) is 50.1 Å². The molecule has 3 N–H and O–H groups in total. The molecule has 1 aromatic rings. The summed E-state index contributed by atoms with van der Waals surface area (Å²) < 4.78 is 0. The van der Waals surface area contributed by atoms with Crippen molar-refractivity contribution in [3.63, 3.8) is 0 Å². The molecule has 2 atom stereocenters. The highest BCUT2D eigenvalue weighted by atomic mass is 35.5. The van der Waals surface area contributed by atoms with Gasteiger partial charge in [0, 0.05) is 18.0 Å². The molecule has 0 aromatic heterocycles. The van der Waals surface area contributed by atoms with Gasteiger partial charge in [-0.05, 0) is 42.9 Å². The molecule has 0 radical (unpaired) electrons. The molecule has 1 aromatic carbocycles. The van der Waals surface area contributed by atoms with E-state index in [4.69, 9.17) is 11.6 Å². The Hall–Kier alpha value is -2.08. The fraction of sp³-hybridized carbons (Fsp3) is 0.526. The zero-order chi connectivity index (χ0) is 18.5. The maximum absolute atomic E-state index is 12.9. The Balaban J connectivity index is 1.74. The number of benzene rings is 1. The first kappa shape index (κ1) is 18.7. The van der Waals surface area contributed by atoms with E-state index in [1.165, 1.54) is 0 Å².